The van der Waals surface area contributed by atoms with Crippen molar-refractivity contribution in [3.63, 3.8) is 0 Å². The molecular weight excluding hydrogens is 359 g/mol. The number of rotatable bonds is 8. The monoisotopic (exact) mass is 386 g/mol. The third-order valence-corrected chi connectivity index (χ3v) is 5.16. The van der Waals surface area contributed by atoms with E-state index in [-0.39, 0.29) is 17.8 Å². The van der Waals surface area contributed by atoms with Gasteiger partial charge in [-0.15, -0.1) is 0 Å². The summed E-state index contributed by atoms with van der Waals surface area (Å²) >= 11 is 0. The predicted molar refractivity (Wildman–Crippen MR) is 106 cm³/mol. The van der Waals surface area contributed by atoms with E-state index in [9.17, 15) is 9.18 Å². The molecule has 0 saturated carbocycles. The fourth-order valence-corrected chi connectivity index (χ4v) is 3.70. The molecule has 6 heteroatoms. The van der Waals surface area contributed by atoms with E-state index in [1.807, 2.05) is 18.2 Å². The Labute approximate surface area is 165 Å². The average molecular weight is 386 g/mol. The van der Waals surface area contributed by atoms with Crippen molar-refractivity contribution in [3.8, 4) is 11.5 Å². The minimum Gasteiger partial charge on any atom is -0.497 e. The number of amides is 1. The first kappa shape index (κ1) is 20.1. The molecule has 1 amide bonds. The van der Waals surface area contributed by atoms with Crippen LogP contribution in [0, 0.1) is 5.82 Å². The normalized spacial score (nSPS) is 16.8. The van der Waals surface area contributed by atoms with E-state index in [1.165, 1.54) is 12.1 Å². The van der Waals surface area contributed by atoms with Gasteiger partial charge in [0.25, 0.3) is 0 Å². The van der Waals surface area contributed by atoms with Crippen LogP contribution in [0.4, 0.5) is 4.39 Å². The van der Waals surface area contributed by atoms with Crippen LogP contribution in [0.15, 0.2) is 42.5 Å². The second kappa shape index (κ2) is 9.55. The van der Waals surface area contributed by atoms with Crippen LogP contribution in [0.3, 0.4) is 0 Å². The maximum absolute atomic E-state index is 12.9. The minimum absolute atomic E-state index is 0.00138. The molecule has 5 nitrogen and oxygen atoms in total. The summed E-state index contributed by atoms with van der Waals surface area (Å²) < 4.78 is 23.8. The van der Waals surface area contributed by atoms with Crippen molar-refractivity contribution in [1.82, 2.24) is 10.2 Å². The summed E-state index contributed by atoms with van der Waals surface area (Å²) in [5.74, 6) is 1.29. The molecule has 0 aromatic heterocycles. The number of nitrogens with one attached hydrogen (secondary N) is 1. The SMILES string of the molecule is COc1ccc(C2CCCN2CC(=O)NCCc2ccc(F)cc2)c(OC)c1. The van der Waals surface area contributed by atoms with Gasteiger partial charge in [-0.3, -0.25) is 9.69 Å². The molecule has 1 aliphatic heterocycles. The number of carbonyl (C=O) groups excluding carboxylic acids is 1. The van der Waals surface area contributed by atoms with Crippen molar-refractivity contribution in [1.29, 1.82) is 0 Å². The first-order chi connectivity index (χ1) is 13.6. The quantitative estimate of drug-likeness (QED) is 0.756. The summed E-state index contributed by atoms with van der Waals surface area (Å²) in [5, 5.41) is 2.97. The van der Waals surface area contributed by atoms with E-state index in [0.717, 1.165) is 42.0 Å². The summed E-state index contributed by atoms with van der Waals surface area (Å²) in [5.41, 5.74) is 2.09. The highest BCUT2D eigenvalue weighted by Crippen LogP contribution is 2.38. The highest BCUT2D eigenvalue weighted by atomic mass is 19.1. The molecule has 1 unspecified atom stereocenters. The van der Waals surface area contributed by atoms with Gasteiger partial charge in [0.15, 0.2) is 0 Å². The molecule has 2 aromatic carbocycles. The molecule has 28 heavy (non-hydrogen) atoms. The molecular formula is C22H27FN2O3. The topological polar surface area (TPSA) is 50.8 Å². The fourth-order valence-electron chi connectivity index (χ4n) is 3.70. The van der Waals surface area contributed by atoms with Crippen molar-refractivity contribution >= 4 is 5.91 Å². The highest BCUT2D eigenvalue weighted by Gasteiger charge is 2.29. The molecule has 0 bridgehead atoms. The second-order valence-corrected chi connectivity index (χ2v) is 6.96. The van der Waals surface area contributed by atoms with Crippen molar-refractivity contribution < 1.29 is 18.7 Å². The molecule has 3 rings (SSSR count). The lowest BCUT2D eigenvalue weighted by atomic mass is 10.0. The smallest absolute Gasteiger partial charge is 0.234 e. The second-order valence-electron chi connectivity index (χ2n) is 6.96. The van der Waals surface area contributed by atoms with Gasteiger partial charge in [-0.2, -0.15) is 0 Å². The molecule has 1 aliphatic rings. The first-order valence-corrected chi connectivity index (χ1v) is 9.58. The van der Waals surface area contributed by atoms with Crippen LogP contribution in [-0.2, 0) is 11.2 Å². The van der Waals surface area contributed by atoms with Crippen molar-refractivity contribution in [3.05, 3.63) is 59.4 Å². The molecule has 1 saturated heterocycles. The van der Waals surface area contributed by atoms with Gasteiger partial charge in [-0.1, -0.05) is 18.2 Å². The van der Waals surface area contributed by atoms with E-state index < -0.39 is 0 Å². The van der Waals surface area contributed by atoms with E-state index in [0.29, 0.717) is 19.5 Å². The van der Waals surface area contributed by atoms with E-state index >= 15 is 0 Å². The highest BCUT2D eigenvalue weighted by molar-refractivity contribution is 5.78. The van der Waals surface area contributed by atoms with Crippen molar-refractivity contribution in [2.45, 2.75) is 25.3 Å². The molecule has 1 N–H and O–H groups in total. The van der Waals surface area contributed by atoms with Crippen LogP contribution < -0.4 is 14.8 Å². The Bertz CT molecular complexity index is 795. The summed E-state index contributed by atoms with van der Waals surface area (Å²) in [7, 11) is 3.28. The summed E-state index contributed by atoms with van der Waals surface area (Å²) in [6.07, 6.45) is 2.72. The lowest BCUT2D eigenvalue weighted by Crippen LogP contribution is -2.37. The number of benzene rings is 2. The lowest BCUT2D eigenvalue weighted by Gasteiger charge is -2.25. The molecule has 0 spiro atoms. The molecule has 2 aromatic rings. The number of likely N-dealkylation sites (tertiary alicyclic amines) is 1. The largest absolute Gasteiger partial charge is 0.497 e. The number of carbonyl (C=O) groups is 1. The maximum Gasteiger partial charge on any atom is 0.234 e. The Hall–Kier alpha value is -2.60. The van der Waals surface area contributed by atoms with Crippen molar-refractivity contribution in [2.24, 2.45) is 0 Å². The van der Waals surface area contributed by atoms with Crippen LogP contribution in [0.25, 0.3) is 0 Å². The Morgan fingerprint density at radius 2 is 1.96 bits per heavy atom. The van der Waals surface area contributed by atoms with Gasteiger partial charge in [0.05, 0.1) is 20.8 Å². The van der Waals surface area contributed by atoms with Crippen LogP contribution in [-0.4, -0.2) is 44.7 Å². The number of hydrogen-bond donors (Lipinski definition) is 1. The van der Waals surface area contributed by atoms with Gasteiger partial charge >= 0.3 is 0 Å². The molecule has 0 radical (unpaired) electrons. The van der Waals surface area contributed by atoms with E-state index in [2.05, 4.69) is 10.2 Å². The first-order valence-electron chi connectivity index (χ1n) is 9.58. The number of nitrogens with zero attached hydrogens (tertiary/aromatic N) is 1. The number of hydrogen-bond acceptors (Lipinski definition) is 4. The standard InChI is InChI=1S/C22H27FN2O3/c1-27-18-9-10-19(21(14-18)28-2)20-4-3-13-25(20)15-22(26)24-12-11-16-5-7-17(23)8-6-16/h5-10,14,20H,3-4,11-13,15H2,1-2H3,(H,24,26). The van der Waals surface area contributed by atoms with Gasteiger partial charge in [0.2, 0.25) is 5.91 Å². The molecule has 150 valence electrons. The van der Waals surface area contributed by atoms with Crippen LogP contribution in [0.2, 0.25) is 0 Å². The predicted octanol–water partition coefficient (Wildman–Crippen LogP) is 3.34. The summed E-state index contributed by atoms with van der Waals surface area (Å²) in [6.45, 7) is 1.77. The molecule has 0 aliphatic carbocycles. The zero-order chi connectivity index (χ0) is 19.9. The Balaban J connectivity index is 1.56. The number of ether oxygens (including phenoxy) is 2. The zero-order valence-corrected chi connectivity index (χ0v) is 16.4. The summed E-state index contributed by atoms with van der Waals surface area (Å²) in [6, 6.07) is 12.4. The Morgan fingerprint density at radius 3 is 2.68 bits per heavy atom. The van der Waals surface area contributed by atoms with Crippen molar-refractivity contribution in [2.75, 3.05) is 33.9 Å². The fraction of sp³-hybridized carbons (Fsp3) is 0.409. The van der Waals surface area contributed by atoms with Crippen LogP contribution >= 0.6 is 0 Å². The van der Waals surface area contributed by atoms with Gasteiger partial charge in [-0.25, -0.2) is 4.39 Å². The van der Waals surface area contributed by atoms with Gasteiger partial charge < -0.3 is 14.8 Å². The Morgan fingerprint density at radius 1 is 1.18 bits per heavy atom. The van der Waals surface area contributed by atoms with Crippen LogP contribution in [0.5, 0.6) is 11.5 Å². The van der Waals surface area contributed by atoms with Gasteiger partial charge in [-0.05, 0) is 49.6 Å². The molecule has 1 heterocycles. The van der Waals surface area contributed by atoms with Gasteiger partial charge in [0.1, 0.15) is 17.3 Å². The zero-order valence-electron chi connectivity index (χ0n) is 16.4. The third kappa shape index (κ3) is 5.01. The average Bonchev–Trinajstić information content (AvgIpc) is 3.16. The number of halogens is 1. The lowest BCUT2D eigenvalue weighted by molar-refractivity contribution is -0.122. The molecule has 1 atom stereocenters. The molecule has 1 fully saturated rings. The number of methoxy groups -OCH3 is 2. The maximum atomic E-state index is 12.9. The van der Waals surface area contributed by atoms with E-state index in [1.54, 1.807) is 26.4 Å². The Kier molecular flexibility index (Phi) is 6.87. The third-order valence-electron chi connectivity index (χ3n) is 5.16. The minimum atomic E-state index is -0.248. The van der Waals surface area contributed by atoms with Gasteiger partial charge in [0, 0.05) is 24.2 Å². The van der Waals surface area contributed by atoms with E-state index in [4.69, 9.17) is 9.47 Å². The van der Waals surface area contributed by atoms with Crippen LogP contribution in [0.1, 0.15) is 30.0 Å². The summed E-state index contributed by atoms with van der Waals surface area (Å²) in [4.78, 5) is 14.6.